The lowest BCUT2D eigenvalue weighted by Gasteiger charge is -2.23. The first-order valence-corrected chi connectivity index (χ1v) is 7.58. The summed E-state index contributed by atoms with van der Waals surface area (Å²) in [5, 5.41) is 2.35. The highest BCUT2D eigenvalue weighted by atomic mass is 32.2. The third kappa shape index (κ3) is 4.60. The molecule has 1 amide bonds. The Hall–Kier alpha value is -1.47. The second-order valence-electron chi connectivity index (χ2n) is 4.43. The third-order valence-corrected chi connectivity index (χ3v) is 3.85. The zero-order chi connectivity index (χ0) is 14.6. The van der Waals surface area contributed by atoms with Gasteiger partial charge in [0.05, 0.1) is 18.5 Å². The van der Waals surface area contributed by atoms with Crippen molar-refractivity contribution in [2.75, 3.05) is 18.1 Å². The van der Waals surface area contributed by atoms with Crippen molar-refractivity contribution >= 4 is 21.6 Å². The fraction of sp³-hybridized carbons (Fsp3) is 0.417. The van der Waals surface area contributed by atoms with Crippen molar-refractivity contribution in [2.24, 2.45) is 0 Å². The van der Waals surface area contributed by atoms with Gasteiger partial charge < -0.3 is 5.32 Å². The number of nitrogens with zero attached hydrogens (tertiary/aromatic N) is 1. The SMILES string of the molecule is CC(C)N(CC(=O)Nc1ccccc1F)S(C)(=O)=O. The summed E-state index contributed by atoms with van der Waals surface area (Å²) in [6.45, 7) is 2.99. The molecule has 106 valence electrons. The summed E-state index contributed by atoms with van der Waals surface area (Å²) >= 11 is 0. The molecule has 1 N–H and O–H groups in total. The maximum Gasteiger partial charge on any atom is 0.239 e. The molecule has 0 atom stereocenters. The predicted octanol–water partition coefficient (Wildman–Crippen LogP) is 1.43. The van der Waals surface area contributed by atoms with Gasteiger partial charge in [0.1, 0.15) is 5.82 Å². The second-order valence-corrected chi connectivity index (χ2v) is 6.37. The molecule has 0 aliphatic rings. The number of amides is 1. The Morgan fingerprint density at radius 3 is 2.42 bits per heavy atom. The summed E-state index contributed by atoms with van der Waals surface area (Å²) in [6.07, 6.45) is 1.03. The topological polar surface area (TPSA) is 66.5 Å². The van der Waals surface area contributed by atoms with Crippen LogP contribution >= 0.6 is 0 Å². The van der Waals surface area contributed by atoms with Gasteiger partial charge in [-0.15, -0.1) is 0 Å². The molecule has 0 spiro atoms. The van der Waals surface area contributed by atoms with E-state index in [1.165, 1.54) is 18.2 Å². The fourth-order valence-corrected chi connectivity index (χ4v) is 2.69. The molecule has 0 aliphatic carbocycles. The van der Waals surface area contributed by atoms with Gasteiger partial charge >= 0.3 is 0 Å². The molecule has 0 aromatic heterocycles. The van der Waals surface area contributed by atoms with E-state index in [0.717, 1.165) is 10.6 Å². The molecule has 7 heteroatoms. The van der Waals surface area contributed by atoms with Crippen LogP contribution < -0.4 is 5.32 Å². The van der Waals surface area contributed by atoms with Crippen molar-refractivity contribution in [2.45, 2.75) is 19.9 Å². The van der Waals surface area contributed by atoms with Gasteiger partial charge in [0.15, 0.2) is 0 Å². The number of nitrogens with one attached hydrogen (secondary N) is 1. The Labute approximate surface area is 112 Å². The highest BCUT2D eigenvalue weighted by Crippen LogP contribution is 2.13. The van der Waals surface area contributed by atoms with Crippen molar-refractivity contribution in [1.29, 1.82) is 0 Å². The van der Waals surface area contributed by atoms with Crippen LogP contribution in [0.3, 0.4) is 0 Å². The molecule has 0 bridgehead atoms. The van der Waals surface area contributed by atoms with Crippen LogP contribution in [0.25, 0.3) is 0 Å². The van der Waals surface area contributed by atoms with E-state index >= 15 is 0 Å². The zero-order valence-electron chi connectivity index (χ0n) is 11.1. The van der Waals surface area contributed by atoms with Gasteiger partial charge in [-0.1, -0.05) is 12.1 Å². The van der Waals surface area contributed by atoms with E-state index in [4.69, 9.17) is 0 Å². The maximum absolute atomic E-state index is 13.3. The Balaban J connectivity index is 2.77. The zero-order valence-corrected chi connectivity index (χ0v) is 11.9. The molecule has 0 saturated carbocycles. The number of carbonyl (C=O) groups excluding carboxylic acids is 1. The highest BCUT2D eigenvalue weighted by Gasteiger charge is 2.23. The molecule has 19 heavy (non-hydrogen) atoms. The Kier molecular flexibility index (Phi) is 5.02. The van der Waals surface area contributed by atoms with Gasteiger partial charge in [-0.25, -0.2) is 12.8 Å². The first kappa shape index (κ1) is 15.6. The minimum Gasteiger partial charge on any atom is -0.322 e. The summed E-state index contributed by atoms with van der Waals surface area (Å²) in [5.74, 6) is -1.14. The second kappa shape index (κ2) is 6.12. The van der Waals surface area contributed by atoms with Crippen LogP contribution in [-0.2, 0) is 14.8 Å². The number of carbonyl (C=O) groups is 1. The minimum atomic E-state index is -3.48. The third-order valence-electron chi connectivity index (χ3n) is 2.45. The van der Waals surface area contributed by atoms with Gasteiger partial charge in [-0.2, -0.15) is 4.31 Å². The van der Waals surface area contributed by atoms with Gasteiger partial charge in [0.25, 0.3) is 0 Å². The van der Waals surface area contributed by atoms with E-state index in [0.29, 0.717) is 0 Å². The number of benzene rings is 1. The molecular formula is C12H17FN2O3S. The first-order chi connectivity index (χ1) is 8.71. The summed E-state index contributed by atoms with van der Waals surface area (Å²) in [7, 11) is -3.48. The lowest BCUT2D eigenvalue weighted by atomic mass is 10.3. The maximum atomic E-state index is 13.3. The van der Waals surface area contributed by atoms with Crippen LogP contribution in [0, 0.1) is 5.82 Å². The number of para-hydroxylation sites is 1. The highest BCUT2D eigenvalue weighted by molar-refractivity contribution is 7.88. The molecule has 0 fully saturated rings. The Morgan fingerprint density at radius 2 is 1.95 bits per heavy atom. The average molecular weight is 288 g/mol. The molecule has 0 saturated heterocycles. The summed E-state index contributed by atoms with van der Waals surface area (Å²) < 4.78 is 37.4. The monoisotopic (exact) mass is 288 g/mol. The van der Waals surface area contributed by atoms with E-state index in [9.17, 15) is 17.6 Å². The van der Waals surface area contributed by atoms with Crippen LogP contribution in [0.1, 0.15) is 13.8 Å². The number of hydrogen-bond donors (Lipinski definition) is 1. The largest absolute Gasteiger partial charge is 0.322 e. The molecule has 0 unspecified atom stereocenters. The average Bonchev–Trinajstić information content (AvgIpc) is 2.27. The molecule has 0 heterocycles. The normalized spacial score (nSPS) is 11.9. The quantitative estimate of drug-likeness (QED) is 0.891. The van der Waals surface area contributed by atoms with Crippen LogP contribution in [0.15, 0.2) is 24.3 Å². The van der Waals surface area contributed by atoms with E-state index in [1.54, 1.807) is 19.9 Å². The van der Waals surface area contributed by atoms with Gasteiger partial charge in [0, 0.05) is 6.04 Å². The van der Waals surface area contributed by atoms with Crippen molar-refractivity contribution < 1.29 is 17.6 Å². The van der Waals surface area contributed by atoms with Crippen molar-refractivity contribution in [3.05, 3.63) is 30.1 Å². The first-order valence-electron chi connectivity index (χ1n) is 5.73. The van der Waals surface area contributed by atoms with E-state index in [2.05, 4.69) is 5.32 Å². The van der Waals surface area contributed by atoms with Crippen LogP contribution in [0.5, 0.6) is 0 Å². The summed E-state index contributed by atoms with van der Waals surface area (Å²) in [5.41, 5.74) is 0.0321. The van der Waals surface area contributed by atoms with Crippen LogP contribution in [-0.4, -0.2) is 37.5 Å². The molecule has 1 aromatic rings. The fourth-order valence-electron chi connectivity index (χ4n) is 1.58. The lowest BCUT2D eigenvalue weighted by Crippen LogP contribution is -2.41. The van der Waals surface area contributed by atoms with Crippen LogP contribution in [0.2, 0.25) is 0 Å². The molecule has 0 radical (unpaired) electrons. The molecular weight excluding hydrogens is 271 g/mol. The smallest absolute Gasteiger partial charge is 0.239 e. The van der Waals surface area contributed by atoms with Gasteiger partial charge in [-0.05, 0) is 26.0 Å². The Bertz CT molecular complexity index is 558. The van der Waals surface area contributed by atoms with E-state index in [1.807, 2.05) is 0 Å². The molecule has 1 aromatic carbocycles. The minimum absolute atomic E-state index is 0.0321. The van der Waals surface area contributed by atoms with Crippen LogP contribution in [0.4, 0.5) is 10.1 Å². The Morgan fingerprint density at radius 1 is 1.37 bits per heavy atom. The van der Waals surface area contributed by atoms with E-state index < -0.39 is 21.7 Å². The number of anilines is 1. The van der Waals surface area contributed by atoms with Crippen molar-refractivity contribution in [1.82, 2.24) is 4.31 Å². The molecule has 1 rings (SSSR count). The molecule has 0 aliphatic heterocycles. The number of sulfonamides is 1. The number of halogens is 1. The number of hydrogen-bond acceptors (Lipinski definition) is 3. The van der Waals surface area contributed by atoms with E-state index in [-0.39, 0.29) is 18.3 Å². The standard InChI is InChI=1S/C12H17FN2O3S/c1-9(2)15(19(3,17)18)8-12(16)14-11-7-5-4-6-10(11)13/h4-7,9H,8H2,1-3H3,(H,14,16). The summed E-state index contributed by atoms with van der Waals surface area (Å²) in [6, 6.07) is 5.36. The van der Waals surface area contributed by atoms with Crippen molar-refractivity contribution in [3.8, 4) is 0 Å². The summed E-state index contributed by atoms with van der Waals surface area (Å²) in [4.78, 5) is 11.7. The van der Waals surface area contributed by atoms with Crippen molar-refractivity contribution in [3.63, 3.8) is 0 Å². The van der Waals surface area contributed by atoms with Gasteiger partial charge in [-0.3, -0.25) is 4.79 Å². The number of rotatable bonds is 5. The molecule has 5 nitrogen and oxygen atoms in total. The predicted molar refractivity (Wildman–Crippen MR) is 71.7 cm³/mol. The lowest BCUT2D eigenvalue weighted by molar-refractivity contribution is -0.116. The van der Waals surface area contributed by atoms with Gasteiger partial charge in [0.2, 0.25) is 15.9 Å².